The van der Waals surface area contributed by atoms with Gasteiger partial charge in [-0.25, -0.2) is 4.39 Å². The van der Waals surface area contributed by atoms with Crippen LogP contribution in [-0.2, 0) is 4.79 Å². The lowest BCUT2D eigenvalue weighted by atomic mass is 10.1. The van der Waals surface area contributed by atoms with Crippen LogP contribution in [-0.4, -0.2) is 59.3 Å². The Morgan fingerprint density at radius 2 is 1.69 bits per heavy atom. The monoisotopic (exact) mass is 421 g/mol. The molecule has 29 heavy (non-hydrogen) atoms. The summed E-state index contributed by atoms with van der Waals surface area (Å²) in [4.78, 5) is 38.1. The highest BCUT2D eigenvalue weighted by Gasteiger charge is 2.26. The first kappa shape index (κ1) is 20.5. The van der Waals surface area contributed by atoms with E-state index in [0.29, 0.717) is 31.9 Å². The molecule has 1 aliphatic heterocycles. The number of nitro groups is 1. The molecular weight excluding hydrogens is 405 g/mol. The molecule has 3 rings (SSSR count). The van der Waals surface area contributed by atoms with Crippen LogP contribution in [0.3, 0.4) is 0 Å². The van der Waals surface area contributed by atoms with Crippen LogP contribution in [0.2, 0.25) is 5.02 Å². The maximum atomic E-state index is 13.1. The summed E-state index contributed by atoms with van der Waals surface area (Å²) in [5.74, 6) is -0.738. The SMILES string of the molecule is O=C(COc1ccc([N+](=O)[O-])cc1)N1CCN(C(=O)c2ccc(F)cc2Cl)CC1. The van der Waals surface area contributed by atoms with E-state index in [1.54, 1.807) is 9.80 Å². The quantitative estimate of drug-likeness (QED) is 0.546. The summed E-state index contributed by atoms with van der Waals surface area (Å²) in [7, 11) is 0. The number of halogens is 2. The maximum Gasteiger partial charge on any atom is 0.269 e. The summed E-state index contributed by atoms with van der Waals surface area (Å²) in [6, 6.07) is 9.05. The Morgan fingerprint density at radius 3 is 2.28 bits per heavy atom. The van der Waals surface area contributed by atoms with Gasteiger partial charge in [0.1, 0.15) is 11.6 Å². The number of nitrogens with zero attached hydrogens (tertiary/aromatic N) is 3. The fourth-order valence-electron chi connectivity index (χ4n) is 2.89. The van der Waals surface area contributed by atoms with Gasteiger partial charge in [0.2, 0.25) is 0 Å². The summed E-state index contributed by atoms with van der Waals surface area (Å²) in [6.07, 6.45) is 0. The van der Waals surface area contributed by atoms with Gasteiger partial charge in [0.05, 0.1) is 15.5 Å². The number of carbonyl (C=O) groups excluding carboxylic acids is 2. The van der Waals surface area contributed by atoms with Crippen LogP contribution in [0.5, 0.6) is 5.75 Å². The van der Waals surface area contributed by atoms with Gasteiger partial charge in [-0.2, -0.15) is 0 Å². The molecule has 152 valence electrons. The predicted octanol–water partition coefficient (Wildman–Crippen LogP) is 2.75. The summed E-state index contributed by atoms with van der Waals surface area (Å²) in [5.41, 5.74) is 0.153. The topological polar surface area (TPSA) is 93.0 Å². The number of benzene rings is 2. The molecule has 8 nitrogen and oxygen atoms in total. The fourth-order valence-corrected chi connectivity index (χ4v) is 3.14. The summed E-state index contributed by atoms with van der Waals surface area (Å²) < 4.78 is 18.5. The average Bonchev–Trinajstić information content (AvgIpc) is 2.72. The van der Waals surface area contributed by atoms with Crippen LogP contribution in [0.15, 0.2) is 42.5 Å². The number of nitro benzene ring substituents is 1. The lowest BCUT2D eigenvalue weighted by Gasteiger charge is -2.34. The van der Waals surface area contributed by atoms with E-state index >= 15 is 0 Å². The van der Waals surface area contributed by atoms with Gasteiger partial charge in [0, 0.05) is 38.3 Å². The zero-order valence-corrected chi connectivity index (χ0v) is 16.0. The van der Waals surface area contributed by atoms with Crippen molar-refractivity contribution >= 4 is 29.1 Å². The molecule has 0 atom stereocenters. The lowest BCUT2D eigenvalue weighted by molar-refractivity contribution is -0.384. The molecule has 2 aromatic carbocycles. The number of carbonyl (C=O) groups is 2. The van der Waals surface area contributed by atoms with E-state index in [1.165, 1.54) is 36.4 Å². The number of piperazine rings is 1. The lowest BCUT2D eigenvalue weighted by Crippen LogP contribution is -2.51. The molecule has 2 amide bonds. The molecule has 0 spiro atoms. The third kappa shape index (κ3) is 5.00. The Hall–Kier alpha value is -3.20. The first-order valence-electron chi connectivity index (χ1n) is 8.74. The Labute approximate surface area is 170 Å². The number of rotatable bonds is 5. The van der Waals surface area contributed by atoms with Crippen molar-refractivity contribution in [2.75, 3.05) is 32.8 Å². The van der Waals surface area contributed by atoms with Gasteiger partial charge in [-0.15, -0.1) is 0 Å². The normalized spacial score (nSPS) is 13.9. The van der Waals surface area contributed by atoms with E-state index < -0.39 is 10.7 Å². The number of ether oxygens (including phenoxy) is 1. The molecule has 0 bridgehead atoms. The fraction of sp³-hybridized carbons (Fsp3) is 0.263. The van der Waals surface area contributed by atoms with E-state index in [4.69, 9.17) is 16.3 Å². The van der Waals surface area contributed by atoms with Crippen LogP contribution in [0.25, 0.3) is 0 Å². The van der Waals surface area contributed by atoms with Crippen molar-refractivity contribution in [2.24, 2.45) is 0 Å². The molecule has 10 heteroatoms. The van der Waals surface area contributed by atoms with Crippen molar-refractivity contribution in [3.05, 3.63) is 69.0 Å². The zero-order valence-electron chi connectivity index (χ0n) is 15.2. The Kier molecular flexibility index (Phi) is 6.28. The second-order valence-electron chi connectivity index (χ2n) is 6.34. The molecule has 0 N–H and O–H groups in total. The summed E-state index contributed by atoms with van der Waals surface area (Å²) >= 11 is 5.94. The van der Waals surface area contributed by atoms with Crippen LogP contribution in [0.4, 0.5) is 10.1 Å². The Morgan fingerprint density at radius 1 is 1.07 bits per heavy atom. The average molecular weight is 422 g/mol. The number of non-ortho nitro benzene ring substituents is 1. The Bertz CT molecular complexity index is 930. The molecule has 0 saturated carbocycles. The van der Waals surface area contributed by atoms with E-state index in [1.807, 2.05) is 0 Å². The smallest absolute Gasteiger partial charge is 0.269 e. The van der Waals surface area contributed by atoms with Gasteiger partial charge in [0.15, 0.2) is 6.61 Å². The van der Waals surface area contributed by atoms with Gasteiger partial charge in [-0.05, 0) is 30.3 Å². The van der Waals surface area contributed by atoms with E-state index in [2.05, 4.69) is 0 Å². The molecule has 0 radical (unpaired) electrons. The van der Waals surface area contributed by atoms with Crippen molar-refractivity contribution < 1.29 is 23.6 Å². The van der Waals surface area contributed by atoms with E-state index in [0.717, 1.165) is 6.07 Å². The summed E-state index contributed by atoms with van der Waals surface area (Å²) in [5, 5.41) is 10.7. The largest absolute Gasteiger partial charge is 0.484 e. The van der Waals surface area contributed by atoms with Crippen molar-refractivity contribution in [3.8, 4) is 5.75 Å². The molecule has 1 aliphatic rings. The number of amides is 2. The zero-order chi connectivity index (χ0) is 21.0. The first-order valence-corrected chi connectivity index (χ1v) is 9.12. The summed E-state index contributed by atoms with van der Waals surface area (Å²) in [6.45, 7) is 1.07. The van der Waals surface area contributed by atoms with Gasteiger partial charge >= 0.3 is 0 Å². The maximum absolute atomic E-state index is 13.1. The number of hydrogen-bond donors (Lipinski definition) is 0. The van der Waals surface area contributed by atoms with Crippen LogP contribution in [0.1, 0.15) is 10.4 Å². The van der Waals surface area contributed by atoms with E-state index in [-0.39, 0.29) is 34.7 Å². The van der Waals surface area contributed by atoms with Gasteiger partial charge in [0.25, 0.3) is 17.5 Å². The predicted molar refractivity (Wildman–Crippen MR) is 102 cm³/mol. The molecule has 2 aromatic rings. The third-order valence-corrected chi connectivity index (χ3v) is 4.80. The highest BCUT2D eigenvalue weighted by Crippen LogP contribution is 2.20. The highest BCUT2D eigenvalue weighted by molar-refractivity contribution is 6.33. The minimum atomic E-state index is -0.519. The minimum absolute atomic E-state index is 0.0463. The van der Waals surface area contributed by atoms with Crippen molar-refractivity contribution in [2.45, 2.75) is 0 Å². The van der Waals surface area contributed by atoms with Crippen LogP contribution >= 0.6 is 11.6 Å². The van der Waals surface area contributed by atoms with Gasteiger partial charge in [-0.1, -0.05) is 11.6 Å². The molecule has 0 aliphatic carbocycles. The molecule has 1 saturated heterocycles. The van der Waals surface area contributed by atoms with Gasteiger partial charge in [-0.3, -0.25) is 19.7 Å². The standard InChI is InChI=1S/C19H17ClFN3O5/c20-17-11-13(21)1-6-16(17)19(26)23-9-7-22(8-10-23)18(25)12-29-15-4-2-14(3-5-15)24(27)28/h1-6,11H,7-10,12H2. The highest BCUT2D eigenvalue weighted by atomic mass is 35.5. The van der Waals surface area contributed by atoms with Crippen LogP contribution < -0.4 is 4.74 Å². The van der Waals surface area contributed by atoms with Crippen molar-refractivity contribution in [3.63, 3.8) is 0 Å². The second kappa shape index (κ2) is 8.87. The molecular formula is C19H17ClFN3O5. The Balaban J connectivity index is 1.50. The van der Waals surface area contributed by atoms with Crippen LogP contribution in [0, 0.1) is 15.9 Å². The first-order chi connectivity index (χ1) is 13.8. The van der Waals surface area contributed by atoms with Crippen molar-refractivity contribution in [1.29, 1.82) is 0 Å². The van der Waals surface area contributed by atoms with Crippen molar-refractivity contribution in [1.82, 2.24) is 9.80 Å². The van der Waals surface area contributed by atoms with Gasteiger partial charge < -0.3 is 14.5 Å². The molecule has 1 fully saturated rings. The third-order valence-electron chi connectivity index (χ3n) is 4.49. The van der Waals surface area contributed by atoms with E-state index in [9.17, 15) is 24.1 Å². The molecule has 0 aromatic heterocycles. The minimum Gasteiger partial charge on any atom is -0.484 e. The number of hydrogen-bond acceptors (Lipinski definition) is 5. The molecule has 1 heterocycles. The second-order valence-corrected chi connectivity index (χ2v) is 6.74. The molecule has 0 unspecified atom stereocenters.